The lowest BCUT2D eigenvalue weighted by Crippen LogP contribution is -2.52. The lowest BCUT2D eigenvalue weighted by Gasteiger charge is -2.29. The summed E-state index contributed by atoms with van der Waals surface area (Å²) in [5.74, 6) is -13.7. The molecule has 14 heteroatoms. The number of carboxylic acids is 1. The third-order valence-electron chi connectivity index (χ3n) is 5.22. The number of sulfonamides is 1. The Labute approximate surface area is 201 Å². The van der Waals surface area contributed by atoms with E-state index in [1.165, 1.54) is 24.3 Å². The van der Waals surface area contributed by atoms with Gasteiger partial charge in [0.05, 0.1) is 4.90 Å². The van der Waals surface area contributed by atoms with Crippen molar-refractivity contribution in [3.05, 3.63) is 65.5 Å². The minimum atomic E-state index is -6.53. The standard InChI is InChI=1S/C22H21F8NO4S/c23-16-8-10-17(11-9-16)36(34,35)31-18(12-13-20(24,25)21(26,27)22(28,29)30)15-6-4-14(5-7-15)2-1-3-19(32)33/h4-11,18,31H,1-3,12-13H2,(H,32,33). The lowest BCUT2D eigenvalue weighted by molar-refractivity contribution is -0.355. The molecule has 0 bridgehead atoms. The van der Waals surface area contributed by atoms with Crippen LogP contribution in [0.25, 0.3) is 0 Å². The maximum absolute atomic E-state index is 13.9. The maximum atomic E-state index is 13.9. The molecule has 0 aliphatic rings. The molecule has 0 saturated carbocycles. The zero-order valence-electron chi connectivity index (χ0n) is 18.3. The van der Waals surface area contributed by atoms with Crippen molar-refractivity contribution in [2.75, 3.05) is 0 Å². The molecule has 36 heavy (non-hydrogen) atoms. The Bertz CT molecular complexity index is 1130. The molecule has 0 radical (unpaired) electrons. The molecule has 0 amide bonds. The summed E-state index contributed by atoms with van der Waals surface area (Å²) in [4.78, 5) is 10.1. The first-order valence-corrected chi connectivity index (χ1v) is 11.9. The van der Waals surface area contributed by atoms with E-state index in [-0.39, 0.29) is 18.4 Å². The van der Waals surface area contributed by atoms with Gasteiger partial charge in [-0.3, -0.25) is 4.79 Å². The van der Waals surface area contributed by atoms with Gasteiger partial charge in [-0.15, -0.1) is 0 Å². The predicted octanol–water partition coefficient (Wildman–Crippen LogP) is 5.87. The summed E-state index contributed by atoms with van der Waals surface area (Å²) < 4.78 is 132. The van der Waals surface area contributed by atoms with Crippen molar-refractivity contribution in [3.8, 4) is 0 Å². The molecule has 5 nitrogen and oxygen atoms in total. The third kappa shape index (κ3) is 7.38. The highest BCUT2D eigenvalue weighted by Crippen LogP contribution is 2.49. The SMILES string of the molecule is O=C(O)CCCc1ccc(C(CCC(F)(F)C(F)(F)C(F)(F)F)NS(=O)(=O)c2ccc(F)cc2)cc1. The van der Waals surface area contributed by atoms with E-state index in [4.69, 9.17) is 5.11 Å². The van der Waals surface area contributed by atoms with Gasteiger partial charge in [0.2, 0.25) is 10.0 Å². The Hall–Kier alpha value is -2.74. The van der Waals surface area contributed by atoms with Crippen LogP contribution in [0.15, 0.2) is 53.4 Å². The third-order valence-corrected chi connectivity index (χ3v) is 6.71. The summed E-state index contributed by atoms with van der Waals surface area (Å²) in [6.45, 7) is 0. The average Bonchev–Trinajstić information content (AvgIpc) is 2.76. The molecule has 0 aliphatic carbocycles. The largest absolute Gasteiger partial charge is 0.481 e. The van der Waals surface area contributed by atoms with Gasteiger partial charge in [0.25, 0.3) is 0 Å². The zero-order chi connectivity index (χ0) is 27.4. The van der Waals surface area contributed by atoms with Gasteiger partial charge >= 0.3 is 24.0 Å². The Kier molecular flexibility index (Phi) is 9.10. The van der Waals surface area contributed by atoms with Gasteiger partial charge in [-0.25, -0.2) is 17.5 Å². The number of hydrogen-bond donors (Lipinski definition) is 2. The van der Waals surface area contributed by atoms with Gasteiger partial charge in [0, 0.05) is 18.9 Å². The van der Waals surface area contributed by atoms with E-state index in [0.717, 1.165) is 24.3 Å². The van der Waals surface area contributed by atoms with E-state index in [1.807, 2.05) is 4.72 Å². The molecule has 2 aromatic carbocycles. The van der Waals surface area contributed by atoms with Gasteiger partial charge in [-0.05, 0) is 54.7 Å². The molecule has 0 spiro atoms. The van der Waals surface area contributed by atoms with Crippen molar-refractivity contribution in [2.45, 2.75) is 61.1 Å². The molecule has 0 aromatic heterocycles. The molecule has 0 saturated heterocycles. The van der Waals surface area contributed by atoms with Gasteiger partial charge in [0.15, 0.2) is 0 Å². The van der Waals surface area contributed by atoms with Crippen LogP contribution in [-0.2, 0) is 21.2 Å². The summed E-state index contributed by atoms with van der Waals surface area (Å²) in [6.07, 6.45) is -9.27. The molecule has 2 aromatic rings. The number of rotatable bonds is 12. The second-order valence-corrected chi connectivity index (χ2v) is 9.65. The van der Waals surface area contributed by atoms with E-state index in [1.54, 1.807) is 0 Å². The molecule has 2 rings (SSSR count). The average molecular weight is 547 g/mol. The minimum absolute atomic E-state index is 0.0196. The Morgan fingerprint density at radius 1 is 0.917 bits per heavy atom. The molecule has 1 atom stereocenters. The van der Waals surface area contributed by atoms with Crippen LogP contribution in [0.1, 0.15) is 42.9 Å². The van der Waals surface area contributed by atoms with Crippen molar-refractivity contribution in [3.63, 3.8) is 0 Å². The molecule has 0 aliphatic heterocycles. The fourth-order valence-corrected chi connectivity index (χ4v) is 4.47. The second kappa shape index (κ2) is 11.1. The smallest absolute Gasteiger partial charge is 0.459 e. The molecule has 2 N–H and O–H groups in total. The number of nitrogens with one attached hydrogen (secondary N) is 1. The number of aliphatic carboxylic acids is 1. The van der Waals surface area contributed by atoms with Gasteiger partial charge in [-0.2, -0.15) is 30.7 Å². The molecule has 1 unspecified atom stereocenters. The lowest BCUT2D eigenvalue weighted by atomic mass is 9.96. The summed E-state index contributed by atoms with van der Waals surface area (Å²) in [5, 5.41) is 8.69. The van der Waals surface area contributed by atoms with E-state index >= 15 is 0 Å². The zero-order valence-corrected chi connectivity index (χ0v) is 19.2. The highest BCUT2D eigenvalue weighted by atomic mass is 32.2. The summed E-state index contributed by atoms with van der Waals surface area (Å²) in [5.41, 5.74) is 0.572. The number of halogens is 8. The van der Waals surface area contributed by atoms with Crippen LogP contribution in [0.3, 0.4) is 0 Å². The minimum Gasteiger partial charge on any atom is -0.481 e. The highest BCUT2D eigenvalue weighted by molar-refractivity contribution is 7.89. The number of hydrogen-bond acceptors (Lipinski definition) is 3. The van der Waals surface area contributed by atoms with Crippen LogP contribution in [0.5, 0.6) is 0 Å². The first-order chi connectivity index (χ1) is 16.5. The van der Waals surface area contributed by atoms with Crippen molar-refractivity contribution < 1.29 is 53.4 Å². The molecular formula is C22H21F8NO4S. The first kappa shape index (κ1) is 29.5. The number of carbonyl (C=O) groups is 1. The van der Waals surface area contributed by atoms with Crippen LogP contribution in [0.4, 0.5) is 35.1 Å². The fraction of sp³-hybridized carbons (Fsp3) is 0.409. The van der Waals surface area contributed by atoms with Crippen molar-refractivity contribution in [1.82, 2.24) is 4.72 Å². The van der Waals surface area contributed by atoms with Crippen LogP contribution in [0, 0.1) is 5.82 Å². The molecular weight excluding hydrogens is 526 g/mol. The first-order valence-electron chi connectivity index (χ1n) is 10.4. The second-order valence-electron chi connectivity index (χ2n) is 7.93. The highest BCUT2D eigenvalue weighted by Gasteiger charge is 2.72. The van der Waals surface area contributed by atoms with E-state index in [0.29, 0.717) is 12.0 Å². The van der Waals surface area contributed by atoms with E-state index < -0.39 is 63.6 Å². The number of aryl methyl sites for hydroxylation is 1. The quantitative estimate of drug-likeness (QED) is 0.326. The van der Waals surface area contributed by atoms with Crippen LogP contribution >= 0.6 is 0 Å². The van der Waals surface area contributed by atoms with Crippen molar-refractivity contribution in [2.24, 2.45) is 0 Å². The van der Waals surface area contributed by atoms with Gasteiger partial charge in [-0.1, -0.05) is 24.3 Å². The molecule has 0 heterocycles. The number of alkyl halides is 7. The maximum Gasteiger partial charge on any atom is 0.459 e. The fourth-order valence-electron chi connectivity index (χ4n) is 3.21. The van der Waals surface area contributed by atoms with Crippen molar-refractivity contribution >= 4 is 16.0 Å². The topological polar surface area (TPSA) is 83.5 Å². The van der Waals surface area contributed by atoms with E-state index in [9.17, 15) is 48.3 Å². The van der Waals surface area contributed by atoms with Crippen LogP contribution in [0.2, 0.25) is 0 Å². The predicted molar refractivity (Wildman–Crippen MR) is 112 cm³/mol. The van der Waals surface area contributed by atoms with Crippen LogP contribution < -0.4 is 4.72 Å². The summed E-state index contributed by atoms with van der Waals surface area (Å²) in [7, 11) is -4.53. The summed E-state index contributed by atoms with van der Waals surface area (Å²) >= 11 is 0. The van der Waals surface area contributed by atoms with Crippen molar-refractivity contribution in [1.29, 1.82) is 0 Å². The Morgan fingerprint density at radius 3 is 1.97 bits per heavy atom. The monoisotopic (exact) mass is 547 g/mol. The van der Waals surface area contributed by atoms with Gasteiger partial charge < -0.3 is 5.11 Å². The number of carboxylic acid groups (broad SMARTS) is 1. The molecule has 200 valence electrons. The number of benzene rings is 2. The van der Waals surface area contributed by atoms with Gasteiger partial charge in [0.1, 0.15) is 5.82 Å². The Morgan fingerprint density at radius 2 is 1.47 bits per heavy atom. The molecule has 0 fully saturated rings. The normalized spacial score (nSPS) is 14.0. The van der Waals surface area contributed by atoms with Crippen LogP contribution in [-0.4, -0.2) is 37.5 Å². The van der Waals surface area contributed by atoms with E-state index in [2.05, 4.69) is 0 Å². The Balaban J connectivity index is 2.32. The summed E-state index contributed by atoms with van der Waals surface area (Å²) in [6, 6.07) is 7.00.